The van der Waals surface area contributed by atoms with E-state index in [2.05, 4.69) is 42.5 Å². The average molecular weight is 497 g/mol. The standard InChI is InChI=1S/C25H36N2O4S.ClH/c1-25(2,3)21-8-10-22(11-9-21)32(28,29)26-13-6-7-14-27-15-12-19-16-23(30-4)24(31-5)17-20(19)18-27;/h8-11,16-17,26H,6-7,12-15,18H2,1-5H3;1H. The van der Waals surface area contributed by atoms with Crippen molar-refractivity contribution in [2.75, 3.05) is 33.9 Å². The Hall–Kier alpha value is -1.80. The Kier molecular flexibility index (Phi) is 9.61. The third-order valence-corrected chi connectivity index (χ3v) is 7.50. The number of sulfonamides is 1. The van der Waals surface area contributed by atoms with Crippen LogP contribution in [0.25, 0.3) is 0 Å². The Morgan fingerprint density at radius 3 is 2.15 bits per heavy atom. The van der Waals surface area contributed by atoms with Crippen LogP contribution < -0.4 is 14.2 Å². The van der Waals surface area contributed by atoms with Gasteiger partial charge in [0.15, 0.2) is 11.5 Å². The summed E-state index contributed by atoms with van der Waals surface area (Å²) in [5.41, 5.74) is 3.70. The number of methoxy groups -OCH3 is 2. The molecule has 0 spiro atoms. The maximum Gasteiger partial charge on any atom is 0.240 e. The number of rotatable bonds is 9. The van der Waals surface area contributed by atoms with E-state index in [4.69, 9.17) is 9.47 Å². The summed E-state index contributed by atoms with van der Waals surface area (Å²) in [6.07, 6.45) is 2.72. The molecule has 0 amide bonds. The number of hydrogen-bond acceptors (Lipinski definition) is 5. The summed E-state index contributed by atoms with van der Waals surface area (Å²) in [5.74, 6) is 1.54. The van der Waals surface area contributed by atoms with Crippen molar-refractivity contribution in [3.8, 4) is 11.5 Å². The van der Waals surface area contributed by atoms with Crippen LogP contribution in [0.2, 0.25) is 0 Å². The predicted molar refractivity (Wildman–Crippen MR) is 135 cm³/mol. The van der Waals surface area contributed by atoms with Crippen LogP contribution in [0.1, 0.15) is 50.3 Å². The van der Waals surface area contributed by atoms with Gasteiger partial charge >= 0.3 is 0 Å². The molecule has 0 fully saturated rings. The summed E-state index contributed by atoms with van der Waals surface area (Å²) < 4.78 is 38.7. The molecule has 0 aliphatic carbocycles. The lowest BCUT2D eigenvalue weighted by Crippen LogP contribution is -2.32. The van der Waals surface area contributed by atoms with Crippen molar-refractivity contribution >= 4 is 22.4 Å². The fraction of sp³-hybridized carbons (Fsp3) is 0.520. The third-order valence-electron chi connectivity index (χ3n) is 6.02. The van der Waals surface area contributed by atoms with Gasteiger partial charge in [0.2, 0.25) is 10.0 Å². The van der Waals surface area contributed by atoms with Gasteiger partial charge in [-0.1, -0.05) is 32.9 Å². The highest BCUT2D eigenvalue weighted by molar-refractivity contribution is 7.89. The Balaban J connectivity index is 0.00000385. The van der Waals surface area contributed by atoms with E-state index in [1.54, 1.807) is 26.4 Å². The van der Waals surface area contributed by atoms with E-state index in [-0.39, 0.29) is 17.8 Å². The molecule has 33 heavy (non-hydrogen) atoms. The van der Waals surface area contributed by atoms with Crippen LogP contribution in [0.5, 0.6) is 11.5 Å². The van der Waals surface area contributed by atoms with Gasteiger partial charge in [0.25, 0.3) is 0 Å². The summed E-state index contributed by atoms with van der Waals surface area (Å²) in [7, 11) is -0.153. The maximum absolute atomic E-state index is 12.6. The SMILES string of the molecule is COc1cc2c(cc1OC)CN(CCCCNS(=O)(=O)c1ccc(C(C)(C)C)cc1)CC2.Cl. The van der Waals surface area contributed by atoms with E-state index in [1.165, 1.54) is 11.1 Å². The highest BCUT2D eigenvalue weighted by atomic mass is 35.5. The zero-order valence-electron chi connectivity index (χ0n) is 20.3. The van der Waals surface area contributed by atoms with Gasteiger partial charge in [-0.25, -0.2) is 13.1 Å². The van der Waals surface area contributed by atoms with Crippen molar-refractivity contribution < 1.29 is 17.9 Å². The first kappa shape index (κ1) is 27.4. The number of benzene rings is 2. The molecule has 2 aromatic carbocycles. The molecule has 184 valence electrons. The molecule has 1 aliphatic heterocycles. The Morgan fingerprint density at radius 2 is 1.58 bits per heavy atom. The van der Waals surface area contributed by atoms with Crippen molar-refractivity contribution in [3.05, 3.63) is 53.1 Å². The number of halogens is 1. The molecule has 0 radical (unpaired) electrons. The molecule has 3 rings (SSSR count). The molecule has 0 saturated carbocycles. The molecule has 0 saturated heterocycles. The Labute approximate surface area is 205 Å². The van der Waals surface area contributed by atoms with Crippen LogP contribution in [0.3, 0.4) is 0 Å². The smallest absolute Gasteiger partial charge is 0.240 e. The molecule has 0 aromatic heterocycles. The van der Waals surface area contributed by atoms with E-state index in [0.717, 1.165) is 56.0 Å². The minimum Gasteiger partial charge on any atom is -0.493 e. The number of ether oxygens (including phenoxy) is 2. The van der Waals surface area contributed by atoms with Crippen LogP contribution in [0.4, 0.5) is 0 Å². The van der Waals surface area contributed by atoms with Crippen LogP contribution in [0, 0.1) is 0 Å². The lowest BCUT2D eigenvalue weighted by molar-refractivity contribution is 0.248. The monoisotopic (exact) mass is 496 g/mol. The molecule has 1 aliphatic rings. The van der Waals surface area contributed by atoms with Crippen LogP contribution in [0.15, 0.2) is 41.3 Å². The quantitative estimate of drug-likeness (QED) is 0.516. The van der Waals surface area contributed by atoms with E-state index in [1.807, 2.05) is 12.1 Å². The molecule has 1 N–H and O–H groups in total. The van der Waals surface area contributed by atoms with Crippen molar-refractivity contribution in [1.82, 2.24) is 9.62 Å². The van der Waals surface area contributed by atoms with Gasteiger partial charge < -0.3 is 9.47 Å². The highest BCUT2D eigenvalue weighted by Gasteiger charge is 2.20. The summed E-state index contributed by atoms with van der Waals surface area (Å²) >= 11 is 0. The van der Waals surface area contributed by atoms with E-state index >= 15 is 0 Å². The highest BCUT2D eigenvalue weighted by Crippen LogP contribution is 2.33. The Morgan fingerprint density at radius 1 is 0.970 bits per heavy atom. The zero-order chi connectivity index (χ0) is 23.4. The number of nitrogens with zero attached hydrogens (tertiary/aromatic N) is 1. The van der Waals surface area contributed by atoms with Crippen molar-refractivity contribution in [2.45, 2.75) is 56.9 Å². The second-order valence-corrected chi connectivity index (χ2v) is 11.1. The molecule has 6 nitrogen and oxygen atoms in total. The van der Waals surface area contributed by atoms with E-state index in [9.17, 15) is 8.42 Å². The number of unbranched alkanes of at least 4 members (excludes halogenated alkanes) is 1. The number of fused-ring (bicyclic) bond motifs is 1. The lowest BCUT2D eigenvalue weighted by atomic mass is 9.87. The van der Waals surface area contributed by atoms with Crippen LogP contribution in [-0.4, -0.2) is 47.2 Å². The second kappa shape index (κ2) is 11.6. The van der Waals surface area contributed by atoms with Gasteiger partial charge in [-0.2, -0.15) is 0 Å². The van der Waals surface area contributed by atoms with E-state index in [0.29, 0.717) is 11.4 Å². The molecule has 0 bridgehead atoms. The van der Waals surface area contributed by atoms with E-state index < -0.39 is 10.0 Å². The normalized spacial score (nSPS) is 14.3. The summed E-state index contributed by atoms with van der Waals surface area (Å²) in [6.45, 7) is 9.60. The summed E-state index contributed by atoms with van der Waals surface area (Å²) in [4.78, 5) is 2.73. The molecule has 0 atom stereocenters. The van der Waals surface area contributed by atoms with Gasteiger partial charge in [-0.05, 0) is 72.2 Å². The van der Waals surface area contributed by atoms with Gasteiger partial charge in [0.1, 0.15) is 0 Å². The second-order valence-electron chi connectivity index (χ2n) is 9.38. The first-order valence-electron chi connectivity index (χ1n) is 11.2. The fourth-order valence-electron chi connectivity index (χ4n) is 4.02. The molecular weight excluding hydrogens is 460 g/mol. The maximum atomic E-state index is 12.6. The fourth-order valence-corrected chi connectivity index (χ4v) is 5.09. The van der Waals surface area contributed by atoms with Crippen molar-refractivity contribution in [3.63, 3.8) is 0 Å². The first-order valence-corrected chi connectivity index (χ1v) is 12.7. The van der Waals surface area contributed by atoms with Gasteiger partial charge in [-0.15, -0.1) is 12.4 Å². The average Bonchev–Trinajstić information content (AvgIpc) is 2.77. The molecule has 0 unspecified atom stereocenters. The topological polar surface area (TPSA) is 67.9 Å². The first-order chi connectivity index (χ1) is 15.1. The minimum absolute atomic E-state index is 0. The molecule has 8 heteroatoms. The number of nitrogens with one attached hydrogen (secondary N) is 1. The Bertz CT molecular complexity index is 1020. The number of hydrogen-bond donors (Lipinski definition) is 1. The molecule has 2 aromatic rings. The summed E-state index contributed by atoms with van der Waals surface area (Å²) in [5, 5.41) is 0. The van der Waals surface area contributed by atoms with Crippen molar-refractivity contribution in [2.24, 2.45) is 0 Å². The van der Waals surface area contributed by atoms with Gasteiger partial charge in [0, 0.05) is 19.6 Å². The van der Waals surface area contributed by atoms with Gasteiger partial charge in [0.05, 0.1) is 19.1 Å². The van der Waals surface area contributed by atoms with Gasteiger partial charge in [-0.3, -0.25) is 4.90 Å². The lowest BCUT2D eigenvalue weighted by Gasteiger charge is -2.29. The molecular formula is C25H37ClN2O4S. The van der Waals surface area contributed by atoms with Crippen LogP contribution in [-0.2, 0) is 28.4 Å². The van der Waals surface area contributed by atoms with Crippen LogP contribution >= 0.6 is 12.4 Å². The zero-order valence-corrected chi connectivity index (χ0v) is 21.9. The van der Waals surface area contributed by atoms with Crippen molar-refractivity contribution in [1.29, 1.82) is 0 Å². The predicted octanol–water partition coefficient (Wildman–Crippen LogP) is 4.54. The largest absolute Gasteiger partial charge is 0.493 e. The third kappa shape index (κ3) is 7.09. The summed E-state index contributed by atoms with van der Waals surface area (Å²) in [6, 6.07) is 11.3. The minimum atomic E-state index is -3.47. The molecule has 1 heterocycles.